The standard InChI is InChI=1S/C19H13F3N2O4/c20-19(21,22)14-4-2-5-15(9-14)24-18(27)13(10-23)7-12-3-1-6-16(8-12)28-11-17(25)26/h1-9H,11H2,(H,24,27)(H,25,26)/b13-7-. The zero-order valence-electron chi connectivity index (χ0n) is 14.2. The highest BCUT2D eigenvalue weighted by Crippen LogP contribution is 2.30. The molecule has 0 saturated heterocycles. The van der Waals surface area contributed by atoms with Crippen LogP contribution in [0.3, 0.4) is 0 Å². The minimum absolute atomic E-state index is 0.112. The molecule has 0 bridgehead atoms. The molecule has 2 N–H and O–H groups in total. The Balaban J connectivity index is 2.19. The first kappa shape index (κ1) is 20.5. The van der Waals surface area contributed by atoms with Gasteiger partial charge < -0.3 is 15.2 Å². The number of hydrogen-bond acceptors (Lipinski definition) is 4. The van der Waals surface area contributed by atoms with Crippen molar-refractivity contribution < 1.29 is 32.6 Å². The van der Waals surface area contributed by atoms with Crippen molar-refractivity contribution in [2.45, 2.75) is 6.18 Å². The van der Waals surface area contributed by atoms with Gasteiger partial charge >= 0.3 is 12.1 Å². The van der Waals surface area contributed by atoms with E-state index in [1.165, 1.54) is 30.3 Å². The molecular weight excluding hydrogens is 377 g/mol. The Hall–Kier alpha value is -3.80. The Morgan fingerprint density at radius 2 is 1.89 bits per heavy atom. The lowest BCUT2D eigenvalue weighted by atomic mass is 10.1. The van der Waals surface area contributed by atoms with Crippen LogP contribution < -0.4 is 10.1 Å². The van der Waals surface area contributed by atoms with Gasteiger partial charge in [-0.05, 0) is 42.0 Å². The van der Waals surface area contributed by atoms with Gasteiger partial charge in [-0.25, -0.2) is 4.79 Å². The van der Waals surface area contributed by atoms with Crippen molar-refractivity contribution in [3.8, 4) is 11.8 Å². The third-order valence-corrected chi connectivity index (χ3v) is 3.34. The molecule has 0 atom stereocenters. The first-order chi connectivity index (χ1) is 13.2. The second kappa shape index (κ2) is 8.73. The summed E-state index contributed by atoms with van der Waals surface area (Å²) in [5.74, 6) is -1.84. The number of anilines is 1. The van der Waals surface area contributed by atoms with Crippen molar-refractivity contribution in [1.29, 1.82) is 5.26 Å². The number of ether oxygens (including phenoxy) is 1. The van der Waals surface area contributed by atoms with Crippen LogP contribution in [0.1, 0.15) is 11.1 Å². The lowest BCUT2D eigenvalue weighted by molar-refractivity contribution is -0.139. The predicted octanol–water partition coefficient (Wildman–Crippen LogP) is 3.71. The van der Waals surface area contributed by atoms with Gasteiger partial charge in [-0.3, -0.25) is 4.79 Å². The number of carbonyl (C=O) groups is 2. The largest absolute Gasteiger partial charge is 0.482 e. The van der Waals surface area contributed by atoms with E-state index in [1.54, 1.807) is 12.1 Å². The number of aliphatic carboxylic acids is 1. The fourth-order valence-electron chi connectivity index (χ4n) is 2.13. The van der Waals surface area contributed by atoms with Crippen molar-refractivity contribution >= 4 is 23.6 Å². The summed E-state index contributed by atoms with van der Waals surface area (Å²) >= 11 is 0. The van der Waals surface area contributed by atoms with E-state index >= 15 is 0 Å². The Kier molecular flexibility index (Phi) is 6.39. The molecule has 2 aromatic rings. The quantitative estimate of drug-likeness (QED) is 0.579. The van der Waals surface area contributed by atoms with E-state index in [2.05, 4.69) is 5.32 Å². The van der Waals surface area contributed by atoms with E-state index in [4.69, 9.17) is 9.84 Å². The van der Waals surface area contributed by atoms with E-state index in [1.807, 2.05) is 0 Å². The SMILES string of the molecule is N#C/C(=C/c1cccc(OCC(=O)O)c1)C(=O)Nc1cccc(C(F)(F)F)c1. The molecule has 0 fully saturated rings. The Labute approximate surface area is 157 Å². The van der Waals surface area contributed by atoms with Crippen LogP contribution in [0.2, 0.25) is 0 Å². The summed E-state index contributed by atoms with van der Waals surface area (Å²) in [5, 5.41) is 20.0. The summed E-state index contributed by atoms with van der Waals surface area (Å²) in [6.45, 7) is -0.561. The van der Waals surface area contributed by atoms with Crippen LogP contribution in [0.15, 0.2) is 54.1 Å². The highest BCUT2D eigenvalue weighted by molar-refractivity contribution is 6.09. The van der Waals surface area contributed by atoms with Gasteiger partial charge in [-0.15, -0.1) is 0 Å². The molecule has 0 aromatic heterocycles. The number of halogens is 3. The van der Waals surface area contributed by atoms with E-state index < -0.39 is 30.2 Å². The molecule has 0 spiro atoms. The maximum atomic E-state index is 12.7. The number of nitrogens with one attached hydrogen (secondary N) is 1. The van der Waals surface area contributed by atoms with Gasteiger partial charge in [0.15, 0.2) is 6.61 Å². The molecule has 144 valence electrons. The molecule has 0 unspecified atom stereocenters. The van der Waals surface area contributed by atoms with Crippen LogP contribution in [0, 0.1) is 11.3 Å². The highest BCUT2D eigenvalue weighted by Gasteiger charge is 2.30. The molecule has 2 aromatic carbocycles. The number of amides is 1. The van der Waals surface area contributed by atoms with Crippen LogP contribution in [0.4, 0.5) is 18.9 Å². The summed E-state index contributed by atoms with van der Waals surface area (Å²) < 4.78 is 43.2. The van der Waals surface area contributed by atoms with E-state index in [0.717, 1.165) is 18.2 Å². The van der Waals surface area contributed by atoms with E-state index in [9.17, 15) is 28.0 Å². The third kappa shape index (κ3) is 5.88. The number of alkyl halides is 3. The number of carboxylic acids is 1. The lowest BCUT2D eigenvalue weighted by Crippen LogP contribution is -2.14. The van der Waals surface area contributed by atoms with Crippen molar-refractivity contribution in [2.24, 2.45) is 0 Å². The number of benzene rings is 2. The number of carboxylic acid groups (broad SMARTS) is 1. The van der Waals surface area contributed by atoms with Gasteiger partial charge in [-0.1, -0.05) is 18.2 Å². The van der Waals surface area contributed by atoms with Gasteiger partial charge in [0, 0.05) is 5.69 Å². The maximum absolute atomic E-state index is 12.7. The van der Waals surface area contributed by atoms with Gasteiger partial charge in [-0.2, -0.15) is 18.4 Å². The normalized spacial score (nSPS) is 11.4. The average molecular weight is 390 g/mol. The number of carbonyl (C=O) groups excluding carboxylic acids is 1. The molecule has 1 amide bonds. The second-order valence-electron chi connectivity index (χ2n) is 5.46. The van der Waals surface area contributed by atoms with Crippen LogP contribution in [0.5, 0.6) is 5.75 Å². The predicted molar refractivity (Wildman–Crippen MR) is 93.2 cm³/mol. The molecular formula is C19H13F3N2O4. The molecule has 6 nitrogen and oxygen atoms in total. The molecule has 9 heteroatoms. The molecule has 0 saturated carbocycles. The van der Waals surface area contributed by atoms with Crippen LogP contribution in [-0.4, -0.2) is 23.6 Å². The molecule has 0 heterocycles. The molecule has 0 radical (unpaired) electrons. The topological polar surface area (TPSA) is 99.4 Å². The summed E-state index contributed by atoms with van der Waals surface area (Å²) in [6, 6.07) is 11.7. The fraction of sp³-hybridized carbons (Fsp3) is 0.105. The number of rotatable bonds is 6. The lowest BCUT2D eigenvalue weighted by Gasteiger charge is -2.09. The zero-order valence-corrected chi connectivity index (χ0v) is 14.2. The minimum atomic E-state index is -4.56. The minimum Gasteiger partial charge on any atom is -0.482 e. The monoisotopic (exact) mass is 390 g/mol. The first-order valence-corrected chi connectivity index (χ1v) is 7.74. The van der Waals surface area contributed by atoms with Gasteiger partial charge in [0.2, 0.25) is 0 Å². The second-order valence-corrected chi connectivity index (χ2v) is 5.46. The number of hydrogen-bond donors (Lipinski definition) is 2. The highest BCUT2D eigenvalue weighted by atomic mass is 19.4. The molecule has 0 aliphatic heterocycles. The van der Waals surface area contributed by atoms with Gasteiger partial charge in [0.25, 0.3) is 5.91 Å². The van der Waals surface area contributed by atoms with Crippen molar-refractivity contribution in [3.05, 3.63) is 65.2 Å². The number of nitriles is 1. The van der Waals surface area contributed by atoms with Crippen LogP contribution in [0.25, 0.3) is 6.08 Å². The summed E-state index contributed by atoms with van der Waals surface area (Å²) in [4.78, 5) is 22.7. The Morgan fingerprint density at radius 3 is 2.54 bits per heavy atom. The Bertz CT molecular complexity index is 962. The number of nitrogens with zero attached hydrogens (tertiary/aromatic N) is 1. The van der Waals surface area contributed by atoms with E-state index in [-0.39, 0.29) is 17.0 Å². The van der Waals surface area contributed by atoms with Gasteiger partial charge in [0.1, 0.15) is 17.4 Å². The van der Waals surface area contributed by atoms with Crippen molar-refractivity contribution in [1.82, 2.24) is 0 Å². The summed E-state index contributed by atoms with van der Waals surface area (Å²) in [5.41, 5.74) is -1.03. The Morgan fingerprint density at radius 1 is 1.18 bits per heavy atom. The van der Waals surface area contributed by atoms with E-state index in [0.29, 0.717) is 5.56 Å². The smallest absolute Gasteiger partial charge is 0.416 e. The molecule has 28 heavy (non-hydrogen) atoms. The zero-order chi connectivity index (χ0) is 20.7. The third-order valence-electron chi connectivity index (χ3n) is 3.34. The van der Waals surface area contributed by atoms with Crippen LogP contribution in [-0.2, 0) is 15.8 Å². The fourth-order valence-corrected chi connectivity index (χ4v) is 2.13. The molecule has 2 rings (SSSR count). The summed E-state index contributed by atoms with van der Waals surface area (Å²) in [6.07, 6.45) is -3.36. The molecule has 0 aliphatic rings. The van der Waals surface area contributed by atoms with Crippen molar-refractivity contribution in [3.63, 3.8) is 0 Å². The van der Waals surface area contributed by atoms with Crippen molar-refractivity contribution in [2.75, 3.05) is 11.9 Å². The maximum Gasteiger partial charge on any atom is 0.416 e. The van der Waals surface area contributed by atoms with Crippen LogP contribution >= 0.6 is 0 Å². The summed E-state index contributed by atoms with van der Waals surface area (Å²) in [7, 11) is 0. The van der Waals surface area contributed by atoms with Gasteiger partial charge in [0.05, 0.1) is 5.56 Å². The average Bonchev–Trinajstić information content (AvgIpc) is 2.64. The molecule has 0 aliphatic carbocycles. The first-order valence-electron chi connectivity index (χ1n) is 7.74.